The molecule has 0 aromatic heterocycles. The summed E-state index contributed by atoms with van der Waals surface area (Å²) in [5, 5.41) is 4.12. The molecular formula is C20H23Cl2NO. The summed E-state index contributed by atoms with van der Waals surface area (Å²) in [7, 11) is 0. The number of amides is 1. The standard InChI is InChI=1S/C20H23Cl2NO/c1-14(2)13-23-20(24)17-9-6-15(7-10-17)4-3-5-16-8-11-18(21)19(22)12-16/h6-12,14H,3-5,13H2,1-2H3,(H,23,24). The van der Waals surface area contributed by atoms with E-state index in [1.165, 1.54) is 11.1 Å². The second-order valence-electron chi connectivity index (χ2n) is 6.40. The van der Waals surface area contributed by atoms with Gasteiger partial charge in [-0.1, -0.05) is 55.2 Å². The van der Waals surface area contributed by atoms with Crippen LogP contribution >= 0.6 is 23.2 Å². The normalized spacial score (nSPS) is 10.9. The Bertz CT molecular complexity index is 681. The Kier molecular flexibility index (Phi) is 7.14. The van der Waals surface area contributed by atoms with Crippen LogP contribution in [0.4, 0.5) is 0 Å². The number of halogens is 2. The lowest BCUT2D eigenvalue weighted by atomic mass is 10.0. The predicted molar refractivity (Wildman–Crippen MR) is 102 cm³/mol. The van der Waals surface area contributed by atoms with Crippen molar-refractivity contribution in [2.24, 2.45) is 5.92 Å². The third-order valence-electron chi connectivity index (χ3n) is 3.80. The second kappa shape index (κ2) is 9.10. The fraction of sp³-hybridized carbons (Fsp3) is 0.350. The van der Waals surface area contributed by atoms with E-state index in [2.05, 4.69) is 19.2 Å². The van der Waals surface area contributed by atoms with E-state index in [0.29, 0.717) is 28.1 Å². The van der Waals surface area contributed by atoms with E-state index in [9.17, 15) is 4.79 Å². The SMILES string of the molecule is CC(C)CNC(=O)c1ccc(CCCc2ccc(Cl)c(Cl)c2)cc1. The molecule has 0 fully saturated rings. The lowest BCUT2D eigenvalue weighted by molar-refractivity contribution is 0.0949. The summed E-state index contributed by atoms with van der Waals surface area (Å²) in [6.45, 7) is 4.86. The van der Waals surface area contributed by atoms with Gasteiger partial charge >= 0.3 is 0 Å². The molecule has 0 heterocycles. The Morgan fingerprint density at radius 1 is 0.958 bits per heavy atom. The van der Waals surface area contributed by atoms with Crippen LogP contribution in [0.2, 0.25) is 10.0 Å². The van der Waals surface area contributed by atoms with Crippen LogP contribution in [0.3, 0.4) is 0 Å². The number of hydrogen-bond acceptors (Lipinski definition) is 1. The van der Waals surface area contributed by atoms with Gasteiger partial charge in [-0.05, 0) is 60.6 Å². The zero-order chi connectivity index (χ0) is 17.5. The van der Waals surface area contributed by atoms with E-state index >= 15 is 0 Å². The minimum absolute atomic E-state index is 0.00828. The van der Waals surface area contributed by atoms with E-state index < -0.39 is 0 Å². The smallest absolute Gasteiger partial charge is 0.251 e. The minimum atomic E-state index is -0.00828. The van der Waals surface area contributed by atoms with E-state index in [1.54, 1.807) is 0 Å². The van der Waals surface area contributed by atoms with Gasteiger partial charge in [0.25, 0.3) is 5.91 Å². The lowest BCUT2D eigenvalue weighted by Crippen LogP contribution is -2.27. The first kappa shape index (κ1) is 18.8. The van der Waals surface area contributed by atoms with Crippen molar-refractivity contribution in [1.82, 2.24) is 5.32 Å². The van der Waals surface area contributed by atoms with Crippen LogP contribution in [0.5, 0.6) is 0 Å². The van der Waals surface area contributed by atoms with Gasteiger partial charge in [-0.25, -0.2) is 0 Å². The van der Waals surface area contributed by atoms with Crippen molar-refractivity contribution in [3.8, 4) is 0 Å². The number of carbonyl (C=O) groups is 1. The molecule has 2 nitrogen and oxygen atoms in total. The van der Waals surface area contributed by atoms with Crippen LogP contribution in [0, 0.1) is 5.92 Å². The van der Waals surface area contributed by atoms with E-state index in [0.717, 1.165) is 19.3 Å². The summed E-state index contributed by atoms with van der Waals surface area (Å²) in [6, 6.07) is 13.6. The summed E-state index contributed by atoms with van der Waals surface area (Å²) in [5.74, 6) is 0.445. The van der Waals surface area contributed by atoms with Gasteiger partial charge in [-0.2, -0.15) is 0 Å². The molecule has 0 unspecified atom stereocenters. The zero-order valence-electron chi connectivity index (χ0n) is 14.1. The number of aryl methyl sites for hydroxylation is 2. The summed E-state index contributed by atoms with van der Waals surface area (Å²) in [4.78, 5) is 12.0. The molecule has 0 aliphatic heterocycles. The van der Waals surface area contributed by atoms with Crippen molar-refractivity contribution >= 4 is 29.1 Å². The Hall–Kier alpha value is -1.51. The maximum atomic E-state index is 12.0. The van der Waals surface area contributed by atoms with Crippen molar-refractivity contribution in [2.45, 2.75) is 33.1 Å². The van der Waals surface area contributed by atoms with Gasteiger partial charge in [0, 0.05) is 12.1 Å². The molecule has 4 heteroatoms. The zero-order valence-corrected chi connectivity index (χ0v) is 15.6. The molecule has 0 saturated heterocycles. The molecule has 0 radical (unpaired) electrons. The second-order valence-corrected chi connectivity index (χ2v) is 7.22. The molecule has 1 N–H and O–H groups in total. The quantitative estimate of drug-likeness (QED) is 0.685. The monoisotopic (exact) mass is 363 g/mol. The van der Waals surface area contributed by atoms with Crippen LogP contribution in [0.15, 0.2) is 42.5 Å². The first-order valence-electron chi connectivity index (χ1n) is 8.27. The number of benzene rings is 2. The Morgan fingerprint density at radius 2 is 1.58 bits per heavy atom. The highest BCUT2D eigenvalue weighted by molar-refractivity contribution is 6.42. The summed E-state index contributed by atoms with van der Waals surface area (Å²) in [5.41, 5.74) is 3.13. The Labute approximate surface area is 154 Å². The number of nitrogens with one attached hydrogen (secondary N) is 1. The van der Waals surface area contributed by atoms with E-state index in [1.807, 2.05) is 42.5 Å². The van der Waals surface area contributed by atoms with Gasteiger partial charge in [0.2, 0.25) is 0 Å². The van der Waals surface area contributed by atoms with Gasteiger partial charge in [0.05, 0.1) is 10.0 Å². The molecule has 0 atom stereocenters. The summed E-state index contributed by atoms with van der Waals surface area (Å²) < 4.78 is 0. The van der Waals surface area contributed by atoms with E-state index in [4.69, 9.17) is 23.2 Å². The third-order valence-corrected chi connectivity index (χ3v) is 4.54. The van der Waals surface area contributed by atoms with Crippen LogP contribution in [-0.2, 0) is 12.8 Å². The average molecular weight is 364 g/mol. The minimum Gasteiger partial charge on any atom is -0.352 e. The van der Waals surface area contributed by atoms with Gasteiger partial charge < -0.3 is 5.32 Å². The molecule has 0 aliphatic rings. The molecule has 128 valence electrons. The predicted octanol–water partition coefficient (Wildman–Crippen LogP) is 5.55. The maximum absolute atomic E-state index is 12.0. The number of carbonyl (C=O) groups excluding carboxylic acids is 1. The van der Waals surface area contributed by atoms with Crippen LogP contribution < -0.4 is 5.32 Å². The summed E-state index contributed by atoms with van der Waals surface area (Å²) in [6.07, 6.45) is 2.94. The van der Waals surface area contributed by atoms with Gasteiger partial charge in [0.1, 0.15) is 0 Å². The average Bonchev–Trinajstić information content (AvgIpc) is 2.56. The third kappa shape index (κ3) is 5.85. The van der Waals surface area contributed by atoms with Gasteiger partial charge in [-0.3, -0.25) is 4.79 Å². The highest BCUT2D eigenvalue weighted by Gasteiger charge is 2.06. The molecule has 0 aliphatic carbocycles. The van der Waals surface area contributed by atoms with Gasteiger partial charge in [0.15, 0.2) is 0 Å². The van der Waals surface area contributed by atoms with Crippen LogP contribution in [0.25, 0.3) is 0 Å². The lowest BCUT2D eigenvalue weighted by Gasteiger charge is -2.08. The molecule has 0 spiro atoms. The molecule has 2 aromatic rings. The molecule has 0 saturated carbocycles. The molecule has 2 aromatic carbocycles. The van der Waals surface area contributed by atoms with Crippen molar-refractivity contribution in [3.05, 3.63) is 69.2 Å². The first-order chi connectivity index (χ1) is 11.5. The van der Waals surface area contributed by atoms with E-state index in [-0.39, 0.29) is 5.91 Å². The molecule has 0 bridgehead atoms. The molecule has 1 amide bonds. The fourth-order valence-electron chi connectivity index (χ4n) is 2.41. The fourth-order valence-corrected chi connectivity index (χ4v) is 2.73. The van der Waals surface area contributed by atoms with Crippen molar-refractivity contribution in [1.29, 1.82) is 0 Å². The van der Waals surface area contributed by atoms with Gasteiger partial charge in [-0.15, -0.1) is 0 Å². The Balaban J connectivity index is 1.83. The van der Waals surface area contributed by atoms with Crippen molar-refractivity contribution < 1.29 is 4.79 Å². The Morgan fingerprint density at radius 3 is 2.21 bits per heavy atom. The molecule has 24 heavy (non-hydrogen) atoms. The largest absolute Gasteiger partial charge is 0.352 e. The highest BCUT2D eigenvalue weighted by Crippen LogP contribution is 2.23. The van der Waals surface area contributed by atoms with Crippen molar-refractivity contribution in [2.75, 3.05) is 6.54 Å². The number of rotatable bonds is 7. The molecular weight excluding hydrogens is 341 g/mol. The maximum Gasteiger partial charge on any atom is 0.251 e. The molecule has 2 rings (SSSR count). The summed E-state index contributed by atoms with van der Waals surface area (Å²) >= 11 is 12.0. The van der Waals surface area contributed by atoms with Crippen LogP contribution in [0.1, 0.15) is 41.8 Å². The highest BCUT2D eigenvalue weighted by atomic mass is 35.5. The first-order valence-corrected chi connectivity index (χ1v) is 9.02. The topological polar surface area (TPSA) is 29.1 Å². The van der Waals surface area contributed by atoms with Crippen LogP contribution in [-0.4, -0.2) is 12.5 Å². The van der Waals surface area contributed by atoms with Crippen molar-refractivity contribution in [3.63, 3.8) is 0 Å². The number of hydrogen-bond donors (Lipinski definition) is 1.